The van der Waals surface area contributed by atoms with Gasteiger partial charge in [0, 0.05) is 11.1 Å². The van der Waals surface area contributed by atoms with Gasteiger partial charge in [0.1, 0.15) is 11.1 Å². The zero-order valence-corrected chi connectivity index (χ0v) is 15.6. The van der Waals surface area contributed by atoms with Gasteiger partial charge in [-0.15, -0.1) is 0 Å². The third-order valence-electron chi connectivity index (χ3n) is 4.04. The molecule has 0 aliphatic carbocycles. The number of fused-ring (bicyclic) bond motifs is 1. The Labute approximate surface area is 157 Å². The molecule has 0 unspecified atom stereocenters. The summed E-state index contributed by atoms with van der Waals surface area (Å²) in [6, 6.07) is 17.7. The standard InChI is InChI=1S/C21H19N3OS/c1-3-15-5-7-18(8-6-15)23-20(25)13-26-21-17(12-22)11-16-10-14(2)4-9-19(16)24-21/h4-11H,3,13H2,1-2H3,(H,23,25). The number of carbonyl (C=O) groups is 1. The maximum atomic E-state index is 12.2. The normalized spacial score (nSPS) is 10.5. The van der Waals surface area contributed by atoms with Crippen LogP contribution in [0.15, 0.2) is 53.6 Å². The van der Waals surface area contributed by atoms with E-state index in [2.05, 4.69) is 23.3 Å². The second-order valence-corrected chi connectivity index (χ2v) is 7.00. The van der Waals surface area contributed by atoms with Crippen LogP contribution in [0.5, 0.6) is 0 Å². The maximum Gasteiger partial charge on any atom is 0.234 e. The number of nitrogens with one attached hydrogen (secondary N) is 1. The van der Waals surface area contributed by atoms with Crippen LogP contribution < -0.4 is 5.32 Å². The van der Waals surface area contributed by atoms with Gasteiger partial charge < -0.3 is 5.32 Å². The van der Waals surface area contributed by atoms with Crippen molar-refractivity contribution in [3.8, 4) is 6.07 Å². The topological polar surface area (TPSA) is 65.8 Å². The average molecular weight is 361 g/mol. The molecule has 5 heteroatoms. The zero-order chi connectivity index (χ0) is 18.5. The highest BCUT2D eigenvalue weighted by atomic mass is 32.2. The molecule has 1 heterocycles. The van der Waals surface area contributed by atoms with E-state index in [1.165, 1.54) is 17.3 Å². The van der Waals surface area contributed by atoms with Crippen molar-refractivity contribution in [3.05, 3.63) is 65.2 Å². The van der Waals surface area contributed by atoms with E-state index in [1.807, 2.05) is 55.5 Å². The minimum Gasteiger partial charge on any atom is -0.325 e. The third-order valence-corrected chi connectivity index (χ3v) is 5.03. The maximum absolute atomic E-state index is 12.2. The fraction of sp³-hybridized carbons (Fsp3) is 0.190. The summed E-state index contributed by atoms with van der Waals surface area (Å²) in [6.45, 7) is 4.10. The number of rotatable bonds is 5. The van der Waals surface area contributed by atoms with E-state index >= 15 is 0 Å². The number of benzene rings is 2. The summed E-state index contributed by atoms with van der Waals surface area (Å²) in [5.74, 6) is 0.0862. The highest BCUT2D eigenvalue weighted by Gasteiger charge is 2.11. The van der Waals surface area contributed by atoms with E-state index in [0.29, 0.717) is 10.6 Å². The van der Waals surface area contributed by atoms with Crippen LogP contribution in [-0.2, 0) is 11.2 Å². The summed E-state index contributed by atoms with van der Waals surface area (Å²) in [7, 11) is 0. The van der Waals surface area contributed by atoms with Crippen LogP contribution in [0.4, 0.5) is 5.69 Å². The van der Waals surface area contributed by atoms with Gasteiger partial charge in [0.25, 0.3) is 0 Å². The second kappa shape index (κ2) is 8.03. The van der Waals surface area contributed by atoms with Crippen LogP contribution in [0.3, 0.4) is 0 Å². The lowest BCUT2D eigenvalue weighted by Crippen LogP contribution is -2.14. The molecule has 3 aromatic rings. The Morgan fingerprint density at radius 1 is 1.19 bits per heavy atom. The molecule has 0 radical (unpaired) electrons. The highest BCUT2D eigenvalue weighted by molar-refractivity contribution is 8.00. The fourth-order valence-corrected chi connectivity index (χ4v) is 3.39. The van der Waals surface area contributed by atoms with E-state index in [9.17, 15) is 10.1 Å². The molecule has 0 saturated heterocycles. The van der Waals surface area contributed by atoms with Gasteiger partial charge in [0.15, 0.2) is 0 Å². The van der Waals surface area contributed by atoms with Crippen LogP contribution in [0.2, 0.25) is 0 Å². The highest BCUT2D eigenvalue weighted by Crippen LogP contribution is 2.25. The number of pyridine rings is 1. The van der Waals surface area contributed by atoms with Crippen molar-refractivity contribution in [1.82, 2.24) is 4.98 Å². The SMILES string of the molecule is CCc1ccc(NC(=O)CSc2nc3ccc(C)cc3cc2C#N)cc1. The number of hydrogen-bond donors (Lipinski definition) is 1. The number of thioether (sulfide) groups is 1. The van der Waals surface area contributed by atoms with Gasteiger partial charge in [-0.2, -0.15) is 5.26 Å². The molecule has 1 N–H and O–H groups in total. The number of nitrogens with zero attached hydrogens (tertiary/aromatic N) is 2. The van der Waals surface area contributed by atoms with Crippen molar-refractivity contribution < 1.29 is 4.79 Å². The predicted molar refractivity (Wildman–Crippen MR) is 106 cm³/mol. The lowest BCUT2D eigenvalue weighted by Gasteiger charge is -2.08. The number of aromatic nitrogens is 1. The molecule has 0 fully saturated rings. The van der Waals surface area contributed by atoms with E-state index < -0.39 is 0 Å². The minimum absolute atomic E-state index is 0.117. The van der Waals surface area contributed by atoms with Gasteiger partial charge >= 0.3 is 0 Å². The number of hydrogen-bond acceptors (Lipinski definition) is 4. The molecule has 1 amide bonds. The molecule has 0 atom stereocenters. The average Bonchev–Trinajstić information content (AvgIpc) is 2.66. The third kappa shape index (κ3) is 4.22. The summed E-state index contributed by atoms with van der Waals surface area (Å²) in [6.07, 6.45) is 0.966. The lowest BCUT2D eigenvalue weighted by molar-refractivity contribution is -0.113. The van der Waals surface area contributed by atoms with Gasteiger partial charge in [-0.25, -0.2) is 4.98 Å². The van der Waals surface area contributed by atoms with Crippen LogP contribution >= 0.6 is 11.8 Å². The first-order valence-corrected chi connectivity index (χ1v) is 9.40. The Balaban J connectivity index is 1.71. The van der Waals surface area contributed by atoms with E-state index in [1.54, 1.807) is 0 Å². The first kappa shape index (κ1) is 18.0. The van der Waals surface area contributed by atoms with Crippen molar-refractivity contribution in [3.63, 3.8) is 0 Å². The van der Waals surface area contributed by atoms with Crippen molar-refractivity contribution in [2.75, 3.05) is 11.1 Å². The van der Waals surface area contributed by atoms with Crippen molar-refractivity contribution in [2.45, 2.75) is 25.3 Å². The van der Waals surface area contributed by atoms with Gasteiger partial charge in [0.05, 0.1) is 16.8 Å². The number of carbonyl (C=O) groups excluding carboxylic acids is 1. The van der Waals surface area contributed by atoms with Gasteiger partial charge in [-0.3, -0.25) is 4.79 Å². The minimum atomic E-state index is -0.117. The first-order chi connectivity index (χ1) is 12.6. The molecular weight excluding hydrogens is 342 g/mol. The van der Waals surface area contributed by atoms with Gasteiger partial charge in [-0.1, -0.05) is 42.4 Å². The summed E-state index contributed by atoms with van der Waals surface area (Å²) in [5, 5.41) is 13.8. The lowest BCUT2D eigenvalue weighted by atomic mass is 10.1. The van der Waals surface area contributed by atoms with Crippen molar-refractivity contribution in [2.24, 2.45) is 0 Å². The Morgan fingerprint density at radius 2 is 1.96 bits per heavy atom. The number of aryl methyl sites for hydroxylation is 2. The molecule has 26 heavy (non-hydrogen) atoms. The molecule has 0 aliphatic rings. The predicted octanol–water partition coefficient (Wildman–Crippen LogP) is 4.71. The molecule has 4 nitrogen and oxygen atoms in total. The largest absolute Gasteiger partial charge is 0.325 e. The molecule has 2 aromatic carbocycles. The van der Waals surface area contributed by atoms with Crippen LogP contribution in [0, 0.1) is 18.3 Å². The summed E-state index contributed by atoms with van der Waals surface area (Å²) < 4.78 is 0. The smallest absolute Gasteiger partial charge is 0.234 e. The van der Waals surface area contributed by atoms with E-state index in [0.717, 1.165) is 28.6 Å². The Kier molecular flexibility index (Phi) is 5.55. The molecule has 0 saturated carbocycles. The van der Waals surface area contributed by atoms with Crippen LogP contribution in [0.25, 0.3) is 10.9 Å². The van der Waals surface area contributed by atoms with E-state index in [4.69, 9.17) is 0 Å². The molecule has 0 spiro atoms. The molecule has 3 rings (SSSR count). The van der Waals surface area contributed by atoms with Crippen molar-refractivity contribution in [1.29, 1.82) is 5.26 Å². The Bertz CT molecular complexity index is 991. The molecule has 0 bridgehead atoms. The van der Waals surface area contributed by atoms with Crippen LogP contribution in [-0.4, -0.2) is 16.6 Å². The van der Waals surface area contributed by atoms with Gasteiger partial charge in [0.2, 0.25) is 5.91 Å². The monoisotopic (exact) mass is 361 g/mol. The quantitative estimate of drug-likeness (QED) is 0.669. The summed E-state index contributed by atoms with van der Waals surface area (Å²) >= 11 is 1.28. The molecule has 1 aromatic heterocycles. The van der Waals surface area contributed by atoms with Crippen LogP contribution in [0.1, 0.15) is 23.6 Å². The van der Waals surface area contributed by atoms with E-state index in [-0.39, 0.29) is 11.7 Å². The molecule has 0 aliphatic heterocycles. The summed E-state index contributed by atoms with van der Waals surface area (Å²) in [4.78, 5) is 16.8. The Morgan fingerprint density at radius 3 is 2.65 bits per heavy atom. The zero-order valence-electron chi connectivity index (χ0n) is 14.7. The summed E-state index contributed by atoms with van der Waals surface area (Å²) in [5.41, 5.74) is 4.44. The molecular formula is C21H19N3OS. The fourth-order valence-electron chi connectivity index (χ4n) is 2.62. The first-order valence-electron chi connectivity index (χ1n) is 8.42. The number of nitriles is 1. The number of anilines is 1. The Hall–Kier alpha value is -2.84. The number of amides is 1. The van der Waals surface area contributed by atoms with Gasteiger partial charge in [-0.05, 0) is 49.2 Å². The van der Waals surface area contributed by atoms with Crippen molar-refractivity contribution >= 4 is 34.3 Å². The molecule has 130 valence electrons. The second-order valence-electron chi connectivity index (χ2n) is 6.04.